The molecule has 0 amide bonds. The third kappa shape index (κ3) is 2.32. The molecule has 0 fully saturated rings. The van der Waals surface area contributed by atoms with Crippen LogP contribution in [0, 0.1) is 6.92 Å². The van der Waals surface area contributed by atoms with Crippen molar-refractivity contribution in [3.63, 3.8) is 0 Å². The molecule has 0 bridgehead atoms. The minimum Gasteiger partial charge on any atom is -0.464 e. The molecule has 19 heavy (non-hydrogen) atoms. The Labute approximate surface area is 111 Å². The van der Waals surface area contributed by atoms with E-state index in [4.69, 9.17) is 9.15 Å². The topological polar surface area (TPSA) is 35.3 Å². The maximum Gasteiger partial charge on any atom is 0.305 e. The van der Waals surface area contributed by atoms with Gasteiger partial charge in [0.1, 0.15) is 6.20 Å². The fraction of sp³-hybridized carbons (Fsp3) is 0.188. The van der Waals surface area contributed by atoms with Crippen LogP contribution in [0.15, 0.2) is 47.0 Å². The molecule has 96 valence electrons. The van der Waals surface area contributed by atoms with Crippen LogP contribution in [-0.4, -0.2) is 11.6 Å². The molecule has 3 rings (SSSR count). The summed E-state index contributed by atoms with van der Waals surface area (Å²) in [6, 6.07) is 12.6. The number of fused-ring (bicyclic) bond motifs is 1. The van der Waals surface area contributed by atoms with E-state index in [0.29, 0.717) is 18.4 Å². The zero-order chi connectivity index (χ0) is 13.2. The molecule has 1 heterocycles. The molecule has 0 radical (unpaired) electrons. The Balaban J connectivity index is 2.02. The van der Waals surface area contributed by atoms with Gasteiger partial charge in [-0.05, 0) is 36.8 Å². The molecule has 0 aliphatic heterocycles. The van der Waals surface area contributed by atoms with Gasteiger partial charge in [0.2, 0.25) is 5.89 Å². The van der Waals surface area contributed by atoms with E-state index < -0.39 is 0 Å². The van der Waals surface area contributed by atoms with Gasteiger partial charge in [-0.2, -0.15) is 0 Å². The molecule has 0 atom stereocenters. The van der Waals surface area contributed by atoms with E-state index in [-0.39, 0.29) is 0 Å². The molecule has 0 N–H and O–H groups in total. The first-order valence-electron chi connectivity index (χ1n) is 6.35. The van der Waals surface area contributed by atoms with Crippen molar-refractivity contribution in [2.45, 2.75) is 13.8 Å². The van der Waals surface area contributed by atoms with Gasteiger partial charge in [-0.1, -0.05) is 29.8 Å². The van der Waals surface area contributed by atoms with Gasteiger partial charge in [0.25, 0.3) is 0 Å². The molecule has 3 aromatic rings. The van der Waals surface area contributed by atoms with Crippen molar-refractivity contribution < 1.29 is 9.15 Å². The second-order valence-corrected chi connectivity index (χ2v) is 4.48. The predicted octanol–water partition coefficient (Wildman–Crippen LogP) is 4.20. The number of oxazole rings is 1. The number of hydrogen-bond donors (Lipinski definition) is 0. The highest BCUT2D eigenvalue weighted by atomic mass is 16.6. The van der Waals surface area contributed by atoms with Crippen molar-refractivity contribution in [2.75, 3.05) is 6.61 Å². The first-order chi connectivity index (χ1) is 9.26. The number of aromatic nitrogens is 1. The normalized spacial score (nSPS) is 10.8. The predicted molar refractivity (Wildman–Crippen MR) is 75.4 cm³/mol. The van der Waals surface area contributed by atoms with Crippen molar-refractivity contribution >= 4 is 10.8 Å². The lowest BCUT2D eigenvalue weighted by Crippen LogP contribution is -1.87. The second kappa shape index (κ2) is 4.76. The van der Waals surface area contributed by atoms with Crippen LogP contribution in [0.25, 0.3) is 22.2 Å². The Kier molecular flexibility index (Phi) is 2.95. The van der Waals surface area contributed by atoms with Crippen LogP contribution in [0.2, 0.25) is 0 Å². The Morgan fingerprint density at radius 1 is 1.11 bits per heavy atom. The highest BCUT2D eigenvalue weighted by molar-refractivity contribution is 5.86. The van der Waals surface area contributed by atoms with Crippen molar-refractivity contribution in [2.24, 2.45) is 0 Å². The van der Waals surface area contributed by atoms with Gasteiger partial charge in [0.05, 0.1) is 6.61 Å². The minimum absolute atomic E-state index is 0.460. The molecule has 0 aliphatic carbocycles. The lowest BCUT2D eigenvalue weighted by molar-refractivity contribution is 0.260. The lowest BCUT2D eigenvalue weighted by atomic mass is 10.0. The number of hydrogen-bond acceptors (Lipinski definition) is 3. The van der Waals surface area contributed by atoms with E-state index in [2.05, 4.69) is 42.2 Å². The molecule has 0 unspecified atom stereocenters. The molecular formula is C16H15NO2. The van der Waals surface area contributed by atoms with Crippen molar-refractivity contribution in [1.29, 1.82) is 0 Å². The largest absolute Gasteiger partial charge is 0.464 e. The van der Waals surface area contributed by atoms with E-state index in [1.54, 1.807) is 6.20 Å². The van der Waals surface area contributed by atoms with Crippen LogP contribution >= 0.6 is 0 Å². The van der Waals surface area contributed by atoms with E-state index >= 15 is 0 Å². The van der Waals surface area contributed by atoms with E-state index in [0.717, 1.165) is 5.56 Å². The number of benzene rings is 2. The summed E-state index contributed by atoms with van der Waals surface area (Å²) in [5.41, 5.74) is 2.22. The summed E-state index contributed by atoms with van der Waals surface area (Å²) in [6.45, 7) is 4.59. The molecule has 0 spiro atoms. The summed E-state index contributed by atoms with van der Waals surface area (Å²) in [4.78, 5) is 4.24. The molecule has 2 aromatic carbocycles. The fourth-order valence-electron chi connectivity index (χ4n) is 2.10. The van der Waals surface area contributed by atoms with Crippen LogP contribution in [0.1, 0.15) is 12.5 Å². The summed E-state index contributed by atoms with van der Waals surface area (Å²) in [5.74, 6) is 1.05. The van der Waals surface area contributed by atoms with Gasteiger partial charge in [-0.3, -0.25) is 0 Å². The Morgan fingerprint density at radius 3 is 2.74 bits per heavy atom. The minimum atomic E-state index is 0.460. The highest BCUT2D eigenvalue weighted by Gasteiger charge is 2.07. The van der Waals surface area contributed by atoms with E-state index in [9.17, 15) is 0 Å². The van der Waals surface area contributed by atoms with Gasteiger partial charge in [-0.15, -0.1) is 0 Å². The van der Waals surface area contributed by atoms with Crippen LogP contribution in [0.5, 0.6) is 5.95 Å². The van der Waals surface area contributed by atoms with Gasteiger partial charge in [-0.25, -0.2) is 4.98 Å². The summed E-state index contributed by atoms with van der Waals surface area (Å²) in [6.07, 6.45) is 1.61. The second-order valence-electron chi connectivity index (χ2n) is 4.48. The molecule has 1 aromatic heterocycles. The van der Waals surface area contributed by atoms with Gasteiger partial charge in [0.15, 0.2) is 0 Å². The summed E-state index contributed by atoms with van der Waals surface area (Å²) < 4.78 is 10.8. The van der Waals surface area contributed by atoms with E-state index in [1.165, 1.54) is 16.3 Å². The molecule has 3 heteroatoms. The molecular weight excluding hydrogens is 238 g/mol. The quantitative estimate of drug-likeness (QED) is 0.701. The third-order valence-electron chi connectivity index (χ3n) is 3.01. The maximum absolute atomic E-state index is 5.55. The smallest absolute Gasteiger partial charge is 0.305 e. The Hall–Kier alpha value is -2.29. The van der Waals surface area contributed by atoms with Crippen molar-refractivity contribution in [3.05, 3.63) is 48.2 Å². The number of ether oxygens (including phenoxy) is 1. The number of rotatable bonds is 3. The summed E-state index contributed by atoms with van der Waals surface area (Å²) >= 11 is 0. The standard InChI is InChI=1S/C16H15NO2/c1-3-18-15-10-17-16(19-15)14-7-6-12-8-11(2)4-5-13(12)9-14/h4-10H,3H2,1-2H3. The molecule has 0 saturated carbocycles. The average Bonchev–Trinajstić information content (AvgIpc) is 2.87. The Bertz CT molecular complexity index is 716. The van der Waals surface area contributed by atoms with Crippen LogP contribution in [-0.2, 0) is 0 Å². The summed E-state index contributed by atoms with van der Waals surface area (Å²) in [5, 5.41) is 2.40. The van der Waals surface area contributed by atoms with E-state index in [1.807, 2.05) is 13.0 Å². The monoisotopic (exact) mass is 253 g/mol. The highest BCUT2D eigenvalue weighted by Crippen LogP contribution is 2.26. The molecule has 0 aliphatic rings. The first-order valence-corrected chi connectivity index (χ1v) is 6.35. The van der Waals surface area contributed by atoms with Crippen LogP contribution in [0.4, 0.5) is 0 Å². The average molecular weight is 253 g/mol. The SMILES string of the molecule is CCOc1cnc(-c2ccc3cc(C)ccc3c2)o1. The number of aryl methyl sites for hydroxylation is 1. The zero-order valence-corrected chi connectivity index (χ0v) is 11.0. The molecule has 3 nitrogen and oxygen atoms in total. The van der Waals surface area contributed by atoms with Gasteiger partial charge in [0, 0.05) is 5.56 Å². The third-order valence-corrected chi connectivity index (χ3v) is 3.01. The van der Waals surface area contributed by atoms with Crippen molar-refractivity contribution in [3.8, 4) is 17.4 Å². The van der Waals surface area contributed by atoms with Gasteiger partial charge < -0.3 is 9.15 Å². The van der Waals surface area contributed by atoms with Crippen LogP contribution < -0.4 is 4.74 Å². The van der Waals surface area contributed by atoms with Crippen molar-refractivity contribution in [1.82, 2.24) is 4.98 Å². The lowest BCUT2D eigenvalue weighted by Gasteiger charge is -2.02. The number of nitrogens with zero attached hydrogens (tertiary/aromatic N) is 1. The molecule has 0 saturated heterocycles. The fourth-order valence-corrected chi connectivity index (χ4v) is 2.10. The maximum atomic E-state index is 5.55. The zero-order valence-electron chi connectivity index (χ0n) is 11.0. The Morgan fingerprint density at radius 2 is 1.89 bits per heavy atom. The van der Waals surface area contributed by atoms with Gasteiger partial charge >= 0.3 is 5.95 Å². The summed E-state index contributed by atoms with van der Waals surface area (Å²) in [7, 11) is 0. The first kappa shape index (κ1) is 11.8. The van der Waals surface area contributed by atoms with Crippen LogP contribution in [0.3, 0.4) is 0 Å².